The maximum Gasteiger partial charge on any atom is 0.182 e. The lowest BCUT2D eigenvalue weighted by Gasteiger charge is -2.43. The van der Waals surface area contributed by atoms with Crippen molar-refractivity contribution >= 4 is 39.0 Å². The molecule has 1 aromatic carbocycles. The summed E-state index contributed by atoms with van der Waals surface area (Å²) >= 11 is 1.59. The summed E-state index contributed by atoms with van der Waals surface area (Å²) < 4.78 is 0. The minimum Gasteiger partial charge on any atom is -0.365 e. The SMILES string of the molecule is CNc1ncc(-c2ccc3cnc(CC(=O)c4ccnc(N5CC(N(C)C)C5)c4)nc3c2)s1. The zero-order chi connectivity index (χ0) is 22.9. The normalized spacial score (nSPS) is 14.0. The Morgan fingerprint density at radius 3 is 2.76 bits per heavy atom. The number of nitrogens with zero attached hydrogens (tertiary/aromatic N) is 6. The van der Waals surface area contributed by atoms with Gasteiger partial charge in [0.05, 0.1) is 16.8 Å². The molecule has 1 aliphatic heterocycles. The summed E-state index contributed by atoms with van der Waals surface area (Å²) in [7, 11) is 6.02. The molecule has 8 nitrogen and oxygen atoms in total. The topological polar surface area (TPSA) is 87.1 Å². The third-order valence-electron chi connectivity index (χ3n) is 5.94. The average molecular weight is 460 g/mol. The average Bonchev–Trinajstić information content (AvgIpc) is 3.27. The number of benzene rings is 1. The van der Waals surface area contributed by atoms with Crippen LogP contribution in [0.25, 0.3) is 21.3 Å². The van der Waals surface area contributed by atoms with E-state index in [-0.39, 0.29) is 12.2 Å². The van der Waals surface area contributed by atoms with Crippen molar-refractivity contribution in [1.82, 2.24) is 24.8 Å². The van der Waals surface area contributed by atoms with Gasteiger partial charge in [0.2, 0.25) is 0 Å². The van der Waals surface area contributed by atoms with E-state index in [1.807, 2.05) is 37.5 Å². The van der Waals surface area contributed by atoms with Crippen molar-refractivity contribution in [2.45, 2.75) is 12.5 Å². The van der Waals surface area contributed by atoms with Crippen molar-refractivity contribution < 1.29 is 4.79 Å². The molecule has 1 N–H and O–H groups in total. The smallest absolute Gasteiger partial charge is 0.182 e. The van der Waals surface area contributed by atoms with Gasteiger partial charge >= 0.3 is 0 Å². The fourth-order valence-electron chi connectivity index (χ4n) is 3.80. The van der Waals surface area contributed by atoms with E-state index in [9.17, 15) is 4.79 Å². The number of ketones is 1. The molecule has 0 radical (unpaired) electrons. The van der Waals surface area contributed by atoms with Crippen LogP contribution >= 0.6 is 11.3 Å². The van der Waals surface area contributed by atoms with Gasteiger partial charge in [0.15, 0.2) is 10.9 Å². The number of aromatic nitrogens is 4. The molecule has 0 aliphatic carbocycles. The van der Waals surface area contributed by atoms with Gasteiger partial charge in [-0.05, 0) is 37.9 Å². The zero-order valence-corrected chi connectivity index (χ0v) is 19.6. The zero-order valence-electron chi connectivity index (χ0n) is 18.8. The van der Waals surface area contributed by atoms with Gasteiger partial charge in [0.1, 0.15) is 11.6 Å². The van der Waals surface area contributed by atoms with Gasteiger partial charge in [0.25, 0.3) is 0 Å². The van der Waals surface area contributed by atoms with E-state index in [0.29, 0.717) is 17.4 Å². The van der Waals surface area contributed by atoms with Crippen molar-refractivity contribution in [3.8, 4) is 10.4 Å². The standard InChI is InChI=1S/C24H25N7OS/c1-25-24-28-12-21(33-24)16-4-5-17-11-27-22(29-19(17)8-16)10-20(32)15-6-7-26-23(9-15)31-13-18(14-31)30(2)3/h4-9,11-12,18H,10,13-14H2,1-3H3,(H,25,28). The van der Waals surface area contributed by atoms with Gasteiger partial charge in [-0.15, -0.1) is 0 Å². The molecular weight excluding hydrogens is 434 g/mol. The van der Waals surface area contributed by atoms with Crippen molar-refractivity contribution in [2.24, 2.45) is 0 Å². The number of likely N-dealkylation sites (N-methyl/N-ethyl adjacent to an activating group) is 1. The molecule has 0 unspecified atom stereocenters. The van der Waals surface area contributed by atoms with E-state index in [0.717, 1.165) is 45.4 Å². The molecule has 5 rings (SSSR count). The van der Waals surface area contributed by atoms with Crippen molar-refractivity contribution in [3.63, 3.8) is 0 Å². The third-order valence-corrected chi connectivity index (χ3v) is 7.00. The first kappa shape index (κ1) is 21.4. The van der Waals surface area contributed by atoms with Gasteiger partial charge in [-0.25, -0.2) is 19.9 Å². The monoisotopic (exact) mass is 459 g/mol. The van der Waals surface area contributed by atoms with E-state index in [4.69, 9.17) is 0 Å². The molecule has 168 valence electrons. The lowest BCUT2D eigenvalue weighted by Crippen LogP contribution is -2.57. The first-order valence-electron chi connectivity index (χ1n) is 10.8. The number of carbonyl (C=O) groups excluding carboxylic acids is 1. The predicted octanol–water partition coefficient (Wildman–Crippen LogP) is 3.37. The number of rotatable bonds is 7. The van der Waals surface area contributed by atoms with Crippen LogP contribution in [-0.2, 0) is 6.42 Å². The van der Waals surface area contributed by atoms with Crippen LogP contribution in [0.15, 0.2) is 48.9 Å². The maximum absolute atomic E-state index is 13.0. The second kappa shape index (κ2) is 8.84. The quantitative estimate of drug-likeness (QED) is 0.421. The summed E-state index contributed by atoms with van der Waals surface area (Å²) in [5.41, 5.74) is 2.49. The highest BCUT2D eigenvalue weighted by Gasteiger charge is 2.29. The molecule has 0 bridgehead atoms. The summed E-state index contributed by atoms with van der Waals surface area (Å²) in [6, 6.07) is 10.2. The Hall–Kier alpha value is -3.43. The maximum atomic E-state index is 13.0. The summed E-state index contributed by atoms with van der Waals surface area (Å²) in [4.78, 5) is 36.3. The molecule has 0 saturated carbocycles. The van der Waals surface area contributed by atoms with E-state index in [1.54, 1.807) is 29.8 Å². The number of hydrogen-bond acceptors (Lipinski definition) is 9. The molecule has 33 heavy (non-hydrogen) atoms. The lowest BCUT2D eigenvalue weighted by atomic mass is 10.1. The van der Waals surface area contributed by atoms with E-state index >= 15 is 0 Å². The van der Waals surface area contributed by atoms with Crippen molar-refractivity contribution in [2.75, 3.05) is 44.4 Å². The van der Waals surface area contributed by atoms with Crippen LogP contribution in [0.2, 0.25) is 0 Å². The Bertz CT molecular complexity index is 1310. The van der Waals surface area contributed by atoms with Crippen LogP contribution < -0.4 is 10.2 Å². The van der Waals surface area contributed by atoms with Gasteiger partial charge in [-0.1, -0.05) is 23.5 Å². The van der Waals surface area contributed by atoms with Crippen LogP contribution in [0.5, 0.6) is 0 Å². The van der Waals surface area contributed by atoms with E-state index in [1.165, 1.54) is 0 Å². The summed E-state index contributed by atoms with van der Waals surface area (Å²) in [5.74, 6) is 1.34. The van der Waals surface area contributed by atoms with Crippen LogP contribution in [-0.4, -0.2) is 70.9 Å². The molecule has 1 aliphatic rings. The highest BCUT2D eigenvalue weighted by Crippen LogP contribution is 2.30. The number of nitrogens with one attached hydrogen (secondary N) is 1. The minimum absolute atomic E-state index is 0.0139. The second-order valence-corrected chi connectivity index (χ2v) is 9.40. The molecule has 0 atom stereocenters. The fourth-order valence-corrected chi connectivity index (χ4v) is 4.57. The van der Waals surface area contributed by atoms with Gasteiger partial charge < -0.3 is 15.1 Å². The third kappa shape index (κ3) is 4.42. The summed E-state index contributed by atoms with van der Waals surface area (Å²) in [6.07, 6.45) is 5.48. The molecule has 0 amide bonds. The number of hydrogen-bond donors (Lipinski definition) is 1. The molecule has 9 heteroatoms. The summed E-state index contributed by atoms with van der Waals surface area (Å²) in [5, 5.41) is 4.87. The highest BCUT2D eigenvalue weighted by atomic mass is 32.1. The number of anilines is 2. The molecule has 4 heterocycles. The van der Waals surface area contributed by atoms with Crippen LogP contribution in [0.3, 0.4) is 0 Å². The Balaban J connectivity index is 1.33. The second-order valence-electron chi connectivity index (χ2n) is 8.36. The fraction of sp³-hybridized carbons (Fsp3) is 0.292. The molecule has 0 spiro atoms. The molecule has 1 saturated heterocycles. The number of pyridine rings is 1. The molecular formula is C24H25N7OS. The Kier molecular flexibility index (Phi) is 5.74. The Morgan fingerprint density at radius 2 is 2.00 bits per heavy atom. The number of fused-ring (bicyclic) bond motifs is 1. The first-order chi connectivity index (χ1) is 16.0. The van der Waals surface area contributed by atoms with Crippen LogP contribution in [0.1, 0.15) is 16.2 Å². The van der Waals surface area contributed by atoms with E-state index < -0.39 is 0 Å². The Labute approximate surface area is 196 Å². The van der Waals surface area contributed by atoms with Gasteiger partial charge in [-0.2, -0.15) is 0 Å². The van der Waals surface area contributed by atoms with E-state index in [2.05, 4.69) is 49.1 Å². The first-order valence-corrected chi connectivity index (χ1v) is 11.6. The molecule has 4 aromatic rings. The van der Waals surface area contributed by atoms with Gasteiger partial charge in [-0.3, -0.25) is 4.79 Å². The molecule has 3 aromatic heterocycles. The predicted molar refractivity (Wildman–Crippen MR) is 132 cm³/mol. The number of thiazole rings is 1. The highest BCUT2D eigenvalue weighted by molar-refractivity contribution is 7.18. The summed E-state index contributed by atoms with van der Waals surface area (Å²) in [6.45, 7) is 1.84. The van der Waals surface area contributed by atoms with Crippen LogP contribution in [0.4, 0.5) is 10.9 Å². The minimum atomic E-state index is -0.0139. The van der Waals surface area contributed by atoms with Crippen molar-refractivity contribution in [3.05, 3.63) is 60.3 Å². The number of carbonyl (C=O) groups is 1. The van der Waals surface area contributed by atoms with Gasteiger partial charge in [0, 0.05) is 55.7 Å². The number of Topliss-reactive ketones (excluding diaryl/α,β-unsaturated/α-hetero) is 1. The van der Waals surface area contributed by atoms with Crippen LogP contribution in [0, 0.1) is 0 Å². The lowest BCUT2D eigenvalue weighted by molar-refractivity contribution is 0.0990. The molecule has 1 fully saturated rings. The largest absolute Gasteiger partial charge is 0.365 e. The van der Waals surface area contributed by atoms with Crippen molar-refractivity contribution in [1.29, 1.82) is 0 Å². The Morgan fingerprint density at radius 1 is 1.15 bits per heavy atom.